The molecule has 1 fully saturated rings. The van der Waals surface area contributed by atoms with Gasteiger partial charge in [0.2, 0.25) is 0 Å². The predicted octanol–water partition coefficient (Wildman–Crippen LogP) is 4.37. The van der Waals surface area contributed by atoms with E-state index >= 15 is 0 Å². The van der Waals surface area contributed by atoms with Crippen molar-refractivity contribution in [2.24, 2.45) is 0 Å². The van der Waals surface area contributed by atoms with Gasteiger partial charge in [0.15, 0.2) is 5.82 Å². The quantitative estimate of drug-likeness (QED) is 0.446. The Bertz CT molecular complexity index is 1240. The van der Waals surface area contributed by atoms with Gasteiger partial charge in [0.05, 0.1) is 25.2 Å². The van der Waals surface area contributed by atoms with Crippen LogP contribution >= 0.6 is 0 Å². The monoisotopic (exact) mass is 439 g/mol. The summed E-state index contributed by atoms with van der Waals surface area (Å²) in [5.41, 5.74) is 3.49. The van der Waals surface area contributed by atoms with Crippen molar-refractivity contribution in [3.8, 4) is 17.1 Å². The number of carbonyl (C=O) groups excluding carboxylic acids is 1. The third kappa shape index (κ3) is 4.35. The van der Waals surface area contributed by atoms with Gasteiger partial charge in [-0.05, 0) is 54.8 Å². The molecule has 1 atom stereocenters. The zero-order valence-electron chi connectivity index (χ0n) is 18.5. The number of nitrogens with zero attached hydrogens (tertiary/aromatic N) is 5. The fourth-order valence-electron chi connectivity index (χ4n) is 4.35. The molecule has 0 saturated carbocycles. The Balaban J connectivity index is 1.41. The van der Waals surface area contributed by atoms with Gasteiger partial charge in [-0.3, -0.25) is 4.79 Å². The van der Waals surface area contributed by atoms with Gasteiger partial charge in [-0.1, -0.05) is 18.2 Å². The van der Waals surface area contributed by atoms with Crippen LogP contribution in [0.15, 0.2) is 79.5 Å². The zero-order valence-corrected chi connectivity index (χ0v) is 18.5. The molecule has 1 amide bonds. The van der Waals surface area contributed by atoms with E-state index in [4.69, 9.17) is 9.72 Å². The second-order valence-corrected chi connectivity index (χ2v) is 8.08. The summed E-state index contributed by atoms with van der Waals surface area (Å²) in [6.45, 7) is 1.32. The number of ether oxygens (including phenoxy) is 1. The molecule has 0 N–H and O–H groups in total. The highest BCUT2D eigenvalue weighted by atomic mass is 16.5. The van der Waals surface area contributed by atoms with E-state index in [-0.39, 0.29) is 11.9 Å². The van der Waals surface area contributed by atoms with Gasteiger partial charge in [0.25, 0.3) is 5.91 Å². The van der Waals surface area contributed by atoms with E-state index < -0.39 is 0 Å². The van der Waals surface area contributed by atoms with Crippen molar-refractivity contribution in [3.63, 3.8) is 0 Å². The van der Waals surface area contributed by atoms with Crippen molar-refractivity contribution in [2.45, 2.75) is 25.4 Å². The maximum absolute atomic E-state index is 13.6. The first-order valence-corrected chi connectivity index (χ1v) is 11.0. The van der Waals surface area contributed by atoms with Gasteiger partial charge < -0.3 is 14.2 Å². The molecule has 0 aliphatic carbocycles. The molecule has 0 unspecified atom stereocenters. The Morgan fingerprint density at radius 2 is 1.94 bits per heavy atom. The Labute approximate surface area is 192 Å². The van der Waals surface area contributed by atoms with Crippen LogP contribution in [-0.4, -0.2) is 44.0 Å². The van der Waals surface area contributed by atoms with Crippen LogP contribution in [0.4, 0.5) is 0 Å². The van der Waals surface area contributed by atoms with Crippen LogP contribution in [0.3, 0.4) is 0 Å². The Hall–Kier alpha value is -4.00. The fourth-order valence-corrected chi connectivity index (χ4v) is 4.35. The van der Waals surface area contributed by atoms with Crippen LogP contribution in [-0.2, 0) is 6.54 Å². The summed E-state index contributed by atoms with van der Waals surface area (Å²) in [5, 5.41) is 0. The van der Waals surface area contributed by atoms with Crippen molar-refractivity contribution < 1.29 is 9.53 Å². The van der Waals surface area contributed by atoms with E-state index in [1.54, 1.807) is 25.8 Å². The summed E-state index contributed by atoms with van der Waals surface area (Å²) in [6, 6.07) is 17.3. The topological polar surface area (TPSA) is 73.1 Å². The van der Waals surface area contributed by atoms with Gasteiger partial charge in [-0.2, -0.15) is 0 Å². The molecule has 166 valence electrons. The number of methoxy groups -OCH3 is 1. The number of hydrogen-bond donors (Lipinski definition) is 0. The van der Waals surface area contributed by atoms with E-state index in [2.05, 4.69) is 9.97 Å². The van der Waals surface area contributed by atoms with Crippen LogP contribution in [0.1, 0.15) is 40.5 Å². The molecule has 0 bridgehead atoms. The minimum atomic E-state index is -0.0706. The van der Waals surface area contributed by atoms with E-state index in [1.165, 1.54) is 0 Å². The summed E-state index contributed by atoms with van der Waals surface area (Å²) >= 11 is 0. The van der Waals surface area contributed by atoms with Crippen molar-refractivity contribution in [1.82, 2.24) is 24.4 Å². The van der Waals surface area contributed by atoms with E-state index in [9.17, 15) is 4.79 Å². The molecular weight excluding hydrogens is 414 g/mol. The smallest absolute Gasteiger partial charge is 0.254 e. The Morgan fingerprint density at radius 3 is 2.73 bits per heavy atom. The summed E-state index contributed by atoms with van der Waals surface area (Å²) in [5.74, 6) is 1.48. The normalized spacial score (nSPS) is 15.5. The van der Waals surface area contributed by atoms with Crippen molar-refractivity contribution in [1.29, 1.82) is 0 Å². The average Bonchev–Trinajstić information content (AvgIpc) is 3.57. The number of hydrogen-bond acceptors (Lipinski definition) is 5. The molecule has 33 heavy (non-hydrogen) atoms. The predicted molar refractivity (Wildman–Crippen MR) is 125 cm³/mol. The molecular formula is C26H25N5O2. The Kier molecular flexibility index (Phi) is 5.85. The summed E-state index contributed by atoms with van der Waals surface area (Å²) in [4.78, 5) is 29.0. The second kappa shape index (κ2) is 9.24. The summed E-state index contributed by atoms with van der Waals surface area (Å²) < 4.78 is 7.22. The molecule has 1 saturated heterocycles. The van der Waals surface area contributed by atoms with Gasteiger partial charge in [-0.25, -0.2) is 15.0 Å². The highest BCUT2D eigenvalue weighted by Gasteiger charge is 2.32. The molecule has 2 aromatic carbocycles. The van der Waals surface area contributed by atoms with Gasteiger partial charge in [-0.15, -0.1) is 0 Å². The molecule has 2 aromatic heterocycles. The number of likely N-dealkylation sites (tertiary alicyclic amines) is 1. The van der Waals surface area contributed by atoms with Crippen molar-refractivity contribution in [3.05, 3.63) is 96.3 Å². The highest BCUT2D eigenvalue weighted by Crippen LogP contribution is 2.33. The lowest BCUT2D eigenvalue weighted by Crippen LogP contribution is -2.32. The molecule has 0 spiro atoms. The number of amides is 1. The third-order valence-corrected chi connectivity index (χ3v) is 6.04. The van der Waals surface area contributed by atoms with Gasteiger partial charge in [0.1, 0.15) is 5.75 Å². The van der Waals surface area contributed by atoms with Gasteiger partial charge in [0, 0.05) is 42.8 Å². The lowest BCUT2D eigenvalue weighted by Gasteiger charge is -2.25. The van der Waals surface area contributed by atoms with Crippen LogP contribution < -0.4 is 4.74 Å². The molecule has 1 aliphatic heterocycles. The fraction of sp³-hybridized carbons (Fsp3) is 0.231. The zero-order chi connectivity index (χ0) is 22.6. The number of benzene rings is 2. The maximum atomic E-state index is 13.6. The number of imidazole rings is 1. The minimum absolute atomic E-state index is 0.0397. The maximum Gasteiger partial charge on any atom is 0.254 e. The number of rotatable bonds is 6. The first kappa shape index (κ1) is 20.9. The number of aromatic nitrogens is 4. The van der Waals surface area contributed by atoms with Crippen molar-refractivity contribution in [2.75, 3.05) is 13.7 Å². The molecule has 4 aromatic rings. The standard InChI is InChI=1S/C26H25N5O2/c1-33-21-10-8-19(9-11-21)25-28-13-12-23(29-25)24-7-4-15-31(24)26(32)22-6-3-2-5-20(22)17-30-16-14-27-18-30/h2-3,5-6,8-14,16,18,24H,4,7,15,17H2,1H3/t24-/m0/s1. The SMILES string of the molecule is COc1ccc(-c2nccc([C@@H]3CCCN3C(=O)c3ccccc3Cn3ccnc3)n2)cc1. The van der Waals surface area contributed by atoms with Crippen LogP contribution in [0.5, 0.6) is 5.75 Å². The summed E-state index contributed by atoms with van der Waals surface area (Å²) in [6.07, 6.45) is 9.02. The highest BCUT2D eigenvalue weighted by molar-refractivity contribution is 5.96. The summed E-state index contributed by atoms with van der Waals surface area (Å²) in [7, 11) is 1.64. The molecule has 7 nitrogen and oxygen atoms in total. The van der Waals surface area contributed by atoms with Gasteiger partial charge >= 0.3 is 0 Å². The van der Waals surface area contributed by atoms with E-state index in [0.717, 1.165) is 41.0 Å². The first-order chi connectivity index (χ1) is 16.2. The molecule has 5 rings (SSSR count). The van der Waals surface area contributed by atoms with Crippen molar-refractivity contribution >= 4 is 5.91 Å². The van der Waals surface area contributed by atoms with Crippen LogP contribution in [0.2, 0.25) is 0 Å². The number of carbonyl (C=O) groups is 1. The second-order valence-electron chi connectivity index (χ2n) is 8.08. The molecule has 1 aliphatic rings. The van der Waals surface area contributed by atoms with Crippen LogP contribution in [0.25, 0.3) is 11.4 Å². The largest absolute Gasteiger partial charge is 0.497 e. The lowest BCUT2D eigenvalue weighted by molar-refractivity contribution is 0.0731. The lowest BCUT2D eigenvalue weighted by atomic mass is 10.0. The molecule has 0 radical (unpaired) electrons. The first-order valence-electron chi connectivity index (χ1n) is 11.0. The van der Waals surface area contributed by atoms with Crippen LogP contribution in [0, 0.1) is 0 Å². The molecule has 7 heteroatoms. The minimum Gasteiger partial charge on any atom is -0.497 e. The average molecular weight is 440 g/mol. The van der Waals surface area contributed by atoms with E-state index in [1.807, 2.05) is 70.3 Å². The van der Waals surface area contributed by atoms with E-state index in [0.29, 0.717) is 18.9 Å². The Morgan fingerprint density at radius 1 is 1.09 bits per heavy atom. The third-order valence-electron chi connectivity index (χ3n) is 6.04. The molecule has 3 heterocycles.